The first-order valence-electron chi connectivity index (χ1n) is 9.00. The fraction of sp³-hybridized carbons (Fsp3) is 0.500. The van der Waals surface area contributed by atoms with Gasteiger partial charge in [-0.3, -0.25) is 0 Å². The molecular formula is C18H24N6S. The van der Waals surface area contributed by atoms with E-state index < -0.39 is 0 Å². The van der Waals surface area contributed by atoms with Gasteiger partial charge in [0.15, 0.2) is 11.5 Å². The molecule has 1 atom stereocenters. The summed E-state index contributed by atoms with van der Waals surface area (Å²) in [6.07, 6.45) is 1.23. The SMILES string of the molecule is CCN(CC)CC1CCN(c2ccc3nnc(-c4ccsc4)n3n2)C1. The van der Waals surface area contributed by atoms with Crippen molar-refractivity contribution in [1.29, 1.82) is 0 Å². The molecule has 3 aromatic rings. The summed E-state index contributed by atoms with van der Waals surface area (Å²) >= 11 is 1.66. The maximum Gasteiger partial charge on any atom is 0.186 e. The van der Waals surface area contributed by atoms with Gasteiger partial charge in [0.1, 0.15) is 5.82 Å². The van der Waals surface area contributed by atoms with Crippen LogP contribution in [0.3, 0.4) is 0 Å². The quantitative estimate of drug-likeness (QED) is 0.679. The van der Waals surface area contributed by atoms with Gasteiger partial charge in [-0.05, 0) is 49.0 Å². The molecule has 0 radical (unpaired) electrons. The highest BCUT2D eigenvalue weighted by atomic mass is 32.1. The second kappa shape index (κ2) is 7.09. The average Bonchev–Trinajstić information content (AvgIpc) is 3.38. The molecule has 0 saturated carbocycles. The number of thiophene rings is 1. The van der Waals surface area contributed by atoms with Crippen LogP contribution in [0.25, 0.3) is 17.0 Å². The van der Waals surface area contributed by atoms with E-state index in [0.717, 1.165) is 54.9 Å². The van der Waals surface area contributed by atoms with Gasteiger partial charge in [-0.15, -0.1) is 15.3 Å². The molecule has 0 N–H and O–H groups in total. The normalized spacial score (nSPS) is 17.9. The van der Waals surface area contributed by atoms with Crippen LogP contribution in [0.5, 0.6) is 0 Å². The third-order valence-electron chi connectivity index (χ3n) is 5.05. The Kier molecular flexibility index (Phi) is 4.67. The van der Waals surface area contributed by atoms with E-state index >= 15 is 0 Å². The molecule has 0 amide bonds. The summed E-state index contributed by atoms with van der Waals surface area (Å²) in [6, 6.07) is 6.15. The number of aromatic nitrogens is 4. The van der Waals surface area contributed by atoms with Crippen LogP contribution in [0.1, 0.15) is 20.3 Å². The van der Waals surface area contributed by atoms with E-state index in [1.54, 1.807) is 11.3 Å². The van der Waals surface area contributed by atoms with E-state index in [-0.39, 0.29) is 0 Å². The van der Waals surface area contributed by atoms with Gasteiger partial charge in [-0.1, -0.05) is 13.8 Å². The monoisotopic (exact) mass is 356 g/mol. The van der Waals surface area contributed by atoms with Crippen molar-refractivity contribution in [3.05, 3.63) is 29.0 Å². The average molecular weight is 356 g/mol. The molecule has 4 heterocycles. The maximum atomic E-state index is 4.84. The minimum atomic E-state index is 0.717. The van der Waals surface area contributed by atoms with Crippen LogP contribution in [0.2, 0.25) is 0 Å². The minimum absolute atomic E-state index is 0.717. The van der Waals surface area contributed by atoms with Crippen LogP contribution in [0.15, 0.2) is 29.0 Å². The van der Waals surface area contributed by atoms with Gasteiger partial charge in [-0.2, -0.15) is 15.9 Å². The standard InChI is InChI=1S/C18H24N6S/c1-3-22(4-2)11-14-7-9-23(12-14)17-6-5-16-19-20-18(24(16)21-17)15-8-10-25-13-15/h5-6,8,10,13-14H,3-4,7,9,11-12H2,1-2H3. The lowest BCUT2D eigenvalue weighted by atomic mass is 10.1. The molecule has 25 heavy (non-hydrogen) atoms. The predicted octanol–water partition coefficient (Wildman–Crippen LogP) is 3.02. The van der Waals surface area contributed by atoms with Gasteiger partial charge in [-0.25, -0.2) is 0 Å². The van der Waals surface area contributed by atoms with Gasteiger partial charge in [0, 0.05) is 30.6 Å². The van der Waals surface area contributed by atoms with Crippen molar-refractivity contribution in [2.24, 2.45) is 5.92 Å². The predicted molar refractivity (Wildman–Crippen MR) is 102 cm³/mol. The molecule has 1 unspecified atom stereocenters. The highest BCUT2D eigenvalue weighted by Gasteiger charge is 2.25. The lowest BCUT2D eigenvalue weighted by Crippen LogP contribution is -2.31. The molecule has 0 aromatic carbocycles. The van der Waals surface area contributed by atoms with Crippen molar-refractivity contribution in [3.63, 3.8) is 0 Å². The minimum Gasteiger partial charge on any atom is -0.355 e. The van der Waals surface area contributed by atoms with E-state index in [4.69, 9.17) is 5.10 Å². The first kappa shape index (κ1) is 16.5. The Bertz CT molecular complexity index is 823. The Morgan fingerprint density at radius 2 is 2.08 bits per heavy atom. The zero-order valence-corrected chi connectivity index (χ0v) is 15.6. The molecule has 1 aliphatic heterocycles. The zero-order valence-electron chi connectivity index (χ0n) is 14.8. The van der Waals surface area contributed by atoms with Gasteiger partial charge in [0.25, 0.3) is 0 Å². The van der Waals surface area contributed by atoms with Crippen molar-refractivity contribution in [2.45, 2.75) is 20.3 Å². The molecule has 0 aliphatic carbocycles. The largest absolute Gasteiger partial charge is 0.355 e. The fourth-order valence-corrected chi connectivity index (χ4v) is 4.19. The van der Waals surface area contributed by atoms with E-state index in [0.29, 0.717) is 0 Å². The fourth-order valence-electron chi connectivity index (χ4n) is 3.56. The van der Waals surface area contributed by atoms with E-state index in [1.165, 1.54) is 13.0 Å². The Morgan fingerprint density at radius 1 is 1.20 bits per heavy atom. The first-order valence-corrected chi connectivity index (χ1v) is 9.95. The Hall–Kier alpha value is -1.99. The van der Waals surface area contributed by atoms with E-state index in [1.807, 2.05) is 10.6 Å². The third kappa shape index (κ3) is 3.26. The molecule has 1 saturated heterocycles. The van der Waals surface area contributed by atoms with Crippen molar-refractivity contribution < 1.29 is 0 Å². The second-order valence-corrected chi connectivity index (χ2v) is 7.36. The summed E-state index contributed by atoms with van der Waals surface area (Å²) in [5.74, 6) is 2.55. The van der Waals surface area contributed by atoms with Crippen LogP contribution >= 0.6 is 11.3 Å². The van der Waals surface area contributed by atoms with Gasteiger partial charge < -0.3 is 9.80 Å². The van der Waals surface area contributed by atoms with Crippen LogP contribution in [-0.2, 0) is 0 Å². The lowest BCUT2D eigenvalue weighted by Gasteiger charge is -2.23. The lowest BCUT2D eigenvalue weighted by molar-refractivity contribution is 0.261. The number of nitrogens with zero attached hydrogens (tertiary/aromatic N) is 6. The second-order valence-electron chi connectivity index (χ2n) is 6.58. The summed E-state index contributed by atoms with van der Waals surface area (Å²) in [6.45, 7) is 10.1. The molecule has 6 nitrogen and oxygen atoms in total. The van der Waals surface area contributed by atoms with Crippen LogP contribution in [-0.4, -0.2) is 57.4 Å². The highest BCUT2D eigenvalue weighted by Crippen LogP contribution is 2.25. The number of hydrogen-bond donors (Lipinski definition) is 0. The topological polar surface area (TPSA) is 49.6 Å². The number of anilines is 1. The molecule has 132 valence electrons. The van der Waals surface area contributed by atoms with Crippen LogP contribution < -0.4 is 4.90 Å². The Labute approximate surface area is 152 Å². The number of fused-ring (bicyclic) bond motifs is 1. The van der Waals surface area contributed by atoms with Gasteiger partial charge >= 0.3 is 0 Å². The summed E-state index contributed by atoms with van der Waals surface area (Å²) in [5, 5.41) is 17.5. The molecule has 7 heteroatoms. The Balaban J connectivity index is 1.55. The van der Waals surface area contributed by atoms with E-state index in [2.05, 4.69) is 56.7 Å². The molecule has 1 fully saturated rings. The van der Waals surface area contributed by atoms with Gasteiger partial charge in [0.2, 0.25) is 0 Å². The Morgan fingerprint density at radius 3 is 2.84 bits per heavy atom. The molecule has 0 bridgehead atoms. The summed E-state index contributed by atoms with van der Waals surface area (Å²) in [5.41, 5.74) is 1.87. The third-order valence-corrected chi connectivity index (χ3v) is 5.73. The van der Waals surface area contributed by atoms with Crippen LogP contribution in [0, 0.1) is 5.92 Å². The van der Waals surface area contributed by atoms with Crippen molar-refractivity contribution in [3.8, 4) is 11.4 Å². The summed E-state index contributed by atoms with van der Waals surface area (Å²) in [7, 11) is 0. The van der Waals surface area contributed by atoms with E-state index in [9.17, 15) is 0 Å². The van der Waals surface area contributed by atoms with Crippen LogP contribution in [0.4, 0.5) is 5.82 Å². The van der Waals surface area contributed by atoms with Crippen molar-refractivity contribution in [1.82, 2.24) is 24.7 Å². The molecule has 0 spiro atoms. The van der Waals surface area contributed by atoms with Gasteiger partial charge in [0.05, 0.1) is 0 Å². The summed E-state index contributed by atoms with van der Waals surface area (Å²) in [4.78, 5) is 4.91. The summed E-state index contributed by atoms with van der Waals surface area (Å²) < 4.78 is 1.87. The molecular weight excluding hydrogens is 332 g/mol. The highest BCUT2D eigenvalue weighted by molar-refractivity contribution is 7.08. The first-order chi connectivity index (χ1) is 12.3. The smallest absolute Gasteiger partial charge is 0.186 e. The molecule has 1 aliphatic rings. The van der Waals surface area contributed by atoms with Crippen molar-refractivity contribution >= 4 is 22.8 Å². The molecule has 3 aromatic heterocycles. The number of hydrogen-bond acceptors (Lipinski definition) is 6. The molecule has 4 rings (SSSR count). The maximum absolute atomic E-state index is 4.84. The number of rotatable bonds is 6. The zero-order chi connectivity index (χ0) is 17.2. The van der Waals surface area contributed by atoms with Crippen molar-refractivity contribution in [2.75, 3.05) is 37.6 Å².